The van der Waals surface area contributed by atoms with Gasteiger partial charge in [0.25, 0.3) is 0 Å². The third-order valence-electron chi connectivity index (χ3n) is 7.20. The van der Waals surface area contributed by atoms with Crippen molar-refractivity contribution in [2.24, 2.45) is 0 Å². The Hall–Kier alpha value is -0.120. The molecule has 0 atom stereocenters. The molecular formula is C26H45NP2. The van der Waals surface area contributed by atoms with Crippen molar-refractivity contribution < 1.29 is 0 Å². The summed E-state index contributed by atoms with van der Waals surface area (Å²) in [6.45, 7) is 9.83. The van der Waals surface area contributed by atoms with Crippen LogP contribution in [0, 0.1) is 0 Å². The summed E-state index contributed by atoms with van der Waals surface area (Å²) in [7, 11) is 0.136. The molecule has 164 valence electrons. The van der Waals surface area contributed by atoms with Crippen molar-refractivity contribution in [1.82, 2.24) is 0 Å². The molecule has 0 heterocycles. The highest BCUT2D eigenvalue weighted by Crippen LogP contribution is 2.57. The molecule has 29 heavy (non-hydrogen) atoms. The van der Waals surface area contributed by atoms with Crippen molar-refractivity contribution in [1.29, 1.82) is 0 Å². The summed E-state index contributed by atoms with van der Waals surface area (Å²) in [5.74, 6) is 0. The topological polar surface area (TPSA) is 3.24 Å². The first-order valence-corrected chi connectivity index (χ1v) is 15.7. The van der Waals surface area contributed by atoms with Crippen LogP contribution in [0.3, 0.4) is 0 Å². The van der Waals surface area contributed by atoms with Gasteiger partial charge >= 0.3 is 0 Å². The van der Waals surface area contributed by atoms with Crippen LogP contribution in [-0.4, -0.2) is 35.2 Å². The van der Waals surface area contributed by atoms with Gasteiger partial charge in [0, 0.05) is 18.3 Å². The van der Waals surface area contributed by atoms with E-state index >= 15 is 0 Å². The highest BCUT2D eigenvalue weighted by Gasteiger charge is 2.33. The first kappa shape index (κ1) is 23.5. The molecule has 0 N–H and O–H groups in total. The fourth-order valence-electron chi connectivity index (χ4n) is 5.52. The van der Waals surface area contributed by atoms with Gasteiger partial charge in [0.1, 0.15) is 0 Å². The van der Waals surface area contributed by atoms with Gasteiger partial charge in [-0.3, -0.25) is 0 Å². The van der Waals surface area contributed by atoms with Crippen LogP contribution in [0.25, 0.3) is 0 Å². The molecule has 0 aliphatic heterocycles. The lowest BCUT2D eigenvalue weighted by Gasteiger charge is -2.43. The summed E-state index contributed by atoms with van der Waals surface area (Å²) in [4.78, 5) is 2.86. The normalized spacial score (nSPS) is 19.6. The maximum Gasteiger partial charge on any atom is 0.0385 e. The van der Waals surface area contributed by atoms with Crippen LogP contribution in [0.5, 0.6) is 0 Å². The van der Waals surface area contributed by atoms with Crippen molar-refractivity contribution in [3.63, 3.8) is 0 Å². The third kappa shape index (κ3) is 6.94. The Morgan fingerprint density at radius 3 is 1.66 bits per heavy atom. The number of hydrogen-bond donors (Lipinski definition) is 0. The molecule has 3 heteroatoms. The predicted octanol–water partition coefficient (Wildman–Crippen LogP) is 8.85. The maximum atomic E-state index is 2.86. The van der Waals surface area contributed by atoms with Crippen LogP contribution in [0.1, 0.15) is 91.9 Å². The molecule has 2 aliphatic rings. The van der Waals surface area contributed by atoms with E-state index in [4.69, 9.17) is 0 Å². The van der Waals surface area contributed by atoms with E-state index in [1.165, 1.54) is 82.5 Å². The van der Waals surface area contributed by atoms with E-state index in [9.17, 15) is 0 Å². The van der Waals surface area contributed by atoms with Crippen LogP contribution in [-0.2, 0) is 0 Å². The second-order valence-electron chi connectivity index (χ2n) is 9.96. The fraction of sp³-hybridized carbons (Fsp3) is 0.769. The predicted molar refractivity (Wildman–Crippen MR) is 137 cm³/mol. The summed E-state index contributed by atoms with van der Waals surface area (Å²) < 4.78 is 0. The second kappa shape index (κ2) is 12.1. The zero-order valence-electron chi connectivity index (χ0n) is 19.5. The standard InChI is InChI=1S/C26H45NP2/c1-22(2)28(23(3)4)20-27(24-14-8-5-9-15-24)21-29(25-16-10-6-11-17-25)26-18-12-7-13-19-26/h5,8-9,14-15,22-23,25-26H,6-7,10-13,16-21H2,1-4H3. The van der Waals surface area contributed by atoms with E-state index in [2.05, 4.69) is 62.9 Å². The zero-order valence-corrected chi connectivity index (χ0v) is 21.3. The Morgan fingerprint density at radius 1 is 0.724 bits per heavy atom. The molecule has 0 spiro atoms. The molecule has 3 rings (SSSR count). The largest absolute Gasteiger partial charge is 0.363 e. The smallest absolute Gasteiger partial charge is 0.0385 e. The van der Waals surface area contributed by atoms with Crippen molar-refractivity contribution in [3.8, 4) is 0 Å². The van der Waals surface area contributed by atoms with Gasteiger partial charge in [-0.25, -0.2) is 0 Å². The van der Waals surface area contributed by atoms with E-state index in [0.717, 1.165) is 22.6 Å². The lowest BCUT2D eigenvalue weighted by molar-refractivity contribution is 0.484. The van der Waals surface area contributed by atoms with Crippen LogP contribution in [0.15, 0.2) is 30.3 Å². The van der Waals surface area contributed by atoms with Gasteiger partial charge in [0.2, 0.25) is 0 Å². The van der Waals surface area contributed by atoms with Crippen LogP contribution in [0.4, 0.5) is 5.69 Å². The molecule has 0 radical (unpaired) electrons. The average Bonchev–Trinajstić information content (AvgIpc) is 2.75. The highest BCUT2D eigenvalue weighted by atomic mass is 31.1. The Labute approximate surface area is 183 Å². The first-order valence-electron chi connectivity index (χ1n) is 12.4. The molecule has 0 bridgehead atoms. The van der Waals surface area contributed by atoms with Gasteiger partial charge in [-0.15, -0.1) is 0 Å². The molecule has 1 nitrogen and oxygen atoms in total. The van der Waals surface area contributed by atoms with E-state index in [-0.39, 0.29) is 15.8 Å². The molecule has 1 aromatic carbocycles. The summed E-state index contributed by atoms with van der Waals surface area (Å²) >= 11 is 0. The molecule has 0 aromatic heterocycles. The highest BCUT2D eigenvalue weighted by molar-refractivity contribution is 7.60. The molecule has 0 amide bonds. The summed E-state index contributed by atoms with van der Waals surface area (Å²) in [5.41, 5.74) is 5.19. The molecule has 1 aromatic rings. The number of hydrogen-bond acceptors (Lipinski definition) is 1. The first-order chi connectivity index (χ1) is 14.1. The lowest BCUT2D eigenvalue weighted by Crippen LogP contribution is -2.32. The van der Waals surface area contributed by atoms with E-state index < -0.39 is 0 Å². The maximum absolute atomic E-state index is 2.86. The monoisotopic (exact) mass is 433 g/mol. The number of anilines is 1. The minimum atomic E-state index is 0.0292. The van der Waals surface area contributed by atoms with Gasteiger partial charge in [-0.1, -0.05) is 100 Å². The van der Waals surface area contributed by atoms with Crippen LogP contribution < -0.4 is 4.90 Å². The van der Waals surface area contributed by atoms with Crippen molar-refractivity contribution in [2.75, 3.05) is 17.5 Å². The lowest BCUT2D eigenvalue weighted by atomic mass is 9.99. The van der Waals surface area contributed by atoms with Crippen molar-refractivity contribution in [2.45, 2.75) is 115 Å². The van der Waals surface area contributed by atoms with Crippen LogP contribution >= 0.6 is 15.8 Å². The van der Waals surface area contributed by atoms with Gasteiger partial charge < -0.3 is 4.90 Å². The second-order valence-corrected chi connectivity index (χ2v) is 16.1. The van der Waals surface area contributed by atoms with Crippen molar-refractivity contribution in [3.05, 3.63) is 30.3 Å². The van der Waals surface area contributed by atoms with Gasteiger partial charge in [0.15, 0.2) is 0 Å². The Kier molecular flexibility index (Phi) is 9.78. The third-order valence-corrected chi connectivity index (χ3v) is 14.1. The molecule has 2 aliphatic carbocycles. The minimum absolute atomic E-state index is 0.0292. The fourth-order valence-corrected chi connectivity index (χ4v) is 12.0. The molecule has 2 fully saturated rings. The number of nitrogens with zero attached hydrogens (tertiary/aromatic N) is 1. The average molecular weight is 434 g/mol. The SMILES string of the molecule is CC(C)P(CN(CP(C1CCCCC1)C1CCCCC1)c1ccccc1)C(C)C. The molecular weight excluding hydrogens is 388 g/mol. The summed E-state index contributed by atoms with van der Waals surface area (Å²) in [6, 6.07) is 11.4. The van der Waals surface area contributed by atoms with Crippen molar-refractivity contribution >= 4 is 21.5 Å². The van der Waals surface area contributed by atoms with E-state index in [1.807, 2.05) is 0 Å². The van der Waals surface area contributed by atoms with Gasteiger partial charge in [-0.05, 0) is 60.5 Å². The molecule has 0 unspecified atom stereocenters. The minimum Gasteiger partial charge on any atom is -0.363 e. The van der Waals surface area contributed by atoms with E-state index in [1.54, 1.807) is 0 Å². The molecule has 2 saturated carbocycles. The summed E-state index contributed by atoms with van der Waals surface area (Å²) in [6.07, 6.45) is 17.7. The quantitative estimate of drug-likeness (QED) is 0.352. The number of benzene rings is 1. The Balaban J connectivity index is 1.83. The van der Waals surface area contributed by atoms with Gasteiger partial charge in [-0.2, -0.15) is 0 Å². The Bertz CT molecular complexity index is 535. The number of rotatable bonds is 9. The number of para-hydroxylation sites is 1. The van der Waals surface area contributed by atoms with E-state index in [0.29, 0.717) is 0 Å². The van der Waals surface area contributed by atoms with Crippen LogP contribution in [0.2, 0.25) is 0 Å². The summed E-state index contributed by atoms with van der Waals surface area (Å²) in [5, 5.41) is 0. The Morgan fingerprint density at radius 2 is 1.21 bits per heavy atom. The zero-order chi connectivity index (χ0) is 20.6. The molecule has 0 saturated heterocycles. The van der Waals surface area contributed by atoms with Gasteiger partial charge in [0.05, 0.1) is 0 Å².